The molecule has 1 aliphatic rings. The van der Waals surface area contributed by atoms with E-state index in [9.17, 15) is 0 Å². The van der Waals surface area contributed by atoms with Crippen molar-refractivity contribution in [2.24, 2.45) is 0 Å². The lowest BCUT2D eigenvalue weighted by molar-refractivity contribution is 0.0332. The molecule has 0 unspecified atom stereocenters. The third-order valence-electron chi connectivity index (χ3n) is 3.67. The molecule has 4 nitrogen and oxygen atoms in total. The largest absolute Gasteiger partial charge is 0.399 e. The summed E-state index contributed by atoms with van der Waals surface area (Å²) in [6.45, 7) is 10.4. The molecule has 2 N–H and O–H groups in total. The molecule has 1 aromatic carbocycles. The number of benzene rings is 1. The topological polar surface area (TPSA) is 41.7 Å². The number of ether oxygens (including phenoxy) is 1. The molecule has 1 saturated heterocycles. The number of morpholine rings is 1. The van der Waals surface area contributed by atoms with Crippen molar-refractivity contribution in [3.05, 3.63) is 29.8 Å². The van der Waals surface area contributed by atoms with Gasteiger partial charge in [-0.2, -0.15) is 0 Å². The quantitative estimate of drug-likeness (QED) is 0.788. The number of hydrogen-bond acceptors (Lipinski definition) is 4. The van der Waals surface area contributed by atoms with Gasteiger partial charge >= 0.3 is 0 Å². The summed E-state index contributed by atoms with van der Waals surface area (Å²) < 4.78 is 5.37. The fourth-order valence-corrected chi connectivity index (χ4v) is 2.34. The Labute approximate surface area is 116 Å². The minimum atomic E-state index is 0.833. The molecular weight excluding hydrogens is 238 g/mol. The molecule has 0 saturated carbocycles. The smallest absolute Gasteiger partial charge is 0.0594 e. The predicted octanol–water partition coefficient (Wildman–Crippen LogP) is 1.42. The number of hydrogen-bond donors (Lipinski definition) is 1. The summed E-state index contributed by atoms with van der Waals surface area (Å²) in [7, 11) is 0. The summed E-state index contributed by atoms with van der Waals surface area (Å²) >= 11 is 0. The summed E-state index contributed by atoms with van der Waals surface area (Å²) in [6, 6.07) is 8.19. The van der Waals surface area contributed by atoms with Crippen LogP contribution in [0.2, 0.25) is 0 Å². The van der Waals surface area contributed by atoms with Crippen LogP contribution >= 0.6 is 0 Å². The molecule has 106 valence electrons. The number of rotatable bonds is 6. The zero-order valence-electron chi connectivity index (χ0n) is 11.8. The van der Waals surface area contributed by atoms with E-state index in [4.69, 9.17) is 10.5 Å². The number of nitrogens with two attached hydrogens (primary N) is 1. The highest BCUT2D eigenvalue weighted by atomic mass is 16.5. The van der Waals surface area contributed by atoms with Crippen LogP contribution in [0.3, 0.4) is 0 Å². The minimum Gasteiger partial charge on any atom is -0.399 e. The Hall–Kier alpha value is -1.10. The van der Waals surface area contributed by atoms with E-state index in [1.54, 1.807) is 0 Å². The van der Waals surface area contributed by atoms with E-state index in [2.05, 4.69) is 28.9 Å². The van der Waals surface area contributed by atoms with Crippen molar-refractivity contribution in [1.29, 1.82) is 0 Å². The van der Waals surface area contributed by atoms with Crippen molar-refractivity contribution in [2.75, 3.05) is 51.7 Å². The van der Waals surface area contributed by atoms with E-state index < -0.39 is 0 Å². The van der Waals surface area contributed by atoms with Gasteiger partial charge in [0.25, 0.3) is 0 Å². The first kappa shape index (κ1) is 14.3. The second-order valence-electron chi connectivity index (χ2n) is 5.06. The zero-order valence-corrected chi connectivity index (χ0v) is 11.8. The van der Waals surface area contributed by atoms with E-state index in [1.807, 2.05) is 12.1 Å². The molecule has 19 heavy (non-hydrogen) atoms. The Morgan fingerprint density at radius 1 is 1.21 bits per heavy atom. The van der Waals surface area contributed by atoms with E-state index in [-0.39, 0.29) is 0 Å². The number of nitrogen functional groups attached to an aromatic ring is 1. The molecule has 1 aromatic rings. The van der Waals surface area contributed by atoms with Crippen LogP contribution in [0, 0.1) is 0 Å². The monoisotopic (exact) mass is 263 g/mol. The number of nitrogens with zero attached hydrogens (tertiary/aromatic N) is 2. The standard InChI is InChI=1S/C15H25N3O/c1-2-17(7-8-18-9-11-19-12-10-18)13-14-3-5-15(16)6-4-14/h3-6H,2,7-13,16H2,1H3. The van der Waals surface area contributed by atoms with Gasteiger partial charge in [-0.3, -0.25) is 9.80 Å². The van der Waals surface area contributed by atoms with Gasteiger partial charge in [0, 0.05) is 38.4 Å². The second-order valence-corrected chi connectivity index (χ2v) is 5.06. The Morgan fingerprint density at radius 2 is 1.89 bits per heavy atom. The van der Waals surface area contributed by atoms with Gasteiger partial charge in [-0.05, 0) is 24.2 Å². The molecule has 0 bridgehead atoms. The summed E-state index contributed by atoms with van der Waals surface area (Å²) in [4.78, 5) is 4.95. The van der Waals surface area contributed by atoms with Crippen molar-refractivity contribution in [3.8, 4) is 0 Å². The van der Waals surface area contributed by atoms with Crippen LogP contribution in [-0.4, -0.2) is 55.7 Å². The van der Waals surface area contributed by atoms with Crippen molar-refractivity contribution < 1.29 is 4.74 Å². The van der Waals surface area contributed by atoms with Crippen LogP contribution in [0.5, 0.6) is 0 Å². The average Bonchev–Trinajstić information content (AvgIpc) is 2.46. The highest BCUT2D eigenvalue weighted by molar-refractivity contribution is 5.39. The third-order valence-corrected chi connectivity index (χ3v) is 3.67. The maximum atomic E-state index is 5.71. The Bertz CT molecular complexity index is 360. The zero-order chi connectivity index (χ0) is 13.5. The summed E-state index contributed by atoms with van der Waals surface area (Å²) in [5.41, 5.74) is 7.88. The van der Waals surface area contributed by atoms with Crippen LogP contribution in [0.25, 0.3) is 0 Å². The van der Waals surface area contributed by atoms with Gasteiger partial charge in [-0.1, -0.05) is 19.1 Å². The van der Waals surface area contributed by atoms with Crippen molar-refractivity contribution >= 4 is 5.69 Å². The van der Waals surface area contributed by atoms with Crippen LogP contribution < -0.4 is 5.73 Å². The van der Waals surface area contributed by atoms with Crippen molar-refractivity contribution in [3.63, 3.8) is 0 Å². The molecular formula is C15H25N3O. The van der Waals surface area contributed by atoms with Gasteiger partial charge in [0.15, 0.2) is 0 Å². The predicted molar refractivity (Wildman–Crippen MR) is 79.1 cm³/mol. The summed E-state index contributed by atoms with van der Waals surface area (Å²) in [5.74, 6) is 0. The molecule has 1 aliphatic heterocycles. The fourth-order valence-electron chi connectivity index (χ4n) is 2.34. The van der Waals surface area contributed by atoms with Crippen LogP contribution in [0.1, 0.15) is 12.5 Å². The van der Waals surface area contributed by atoms with Gasteiger partial charge in [0.1, 0.15) is 0 Å². The van der Waals surface area contributed by atoms with E-state index >= 15 is 0 Å². The first-order valence-electron chi connectivity index (χ1n) is 7.15. The Balaban J connectivity index is 1.77. The van der Waals surface area contributed by atoms with Crippen molar-refractivity contribution in [2.45, 2.75) is 13.5 Å². The highest BCUT2D eigenvalue weighted by Crippen LogP contribution is 2.08. The average molecular weight is 263 g/mol. The summed E-state index contributed by atoms with van der Waals surface area (Å²) in [6.07, 6.45) is 0. The molecule has 0 aromatic heterocycles. The normalized spacial score (nSPS) is 16.9. The first-order valence-corrected chi connectivity index (χ1v) is 7.15. The minimum absolute atomic E-state index is 0.833. The second kappa shape index (κ2) is 7.48. The van der Waals surface area contributed by atoms with Gasteiger partial charge in [-0.15, -0.1) is 0 Å². The molecule has 1 fully saturated rings. The van der Waals surface area contributed by atoms with Crippen LogP contribution in [0.4, 0.5) is 5.69 Å². The SMILES string of the molecule is CCN(CCN1CCOCC1)Cc1ccc(N)cc1. The lowest BCUT2D eigenvalue weighted by Crippen LogP contribution is -2.41. The van der Waals surface area contributed by atoms with Gasteiger partial charge in [0.05, 0.1) is 13.2 Å². The molecule has 0 radical (unpaired) electrons. The number of likely N-dealkylation sites (N-methyl/N-ethyl adjacent to an activating group) is 1. The molecule has 2 rings (SSSR count). The summed E-state index contributed by atoms with van der Waals surface area (Å²) in [5, 5.41) is 0. The molecule has 1 heterocycles. The molecule has 0 atom stereocenters. The van der Waals surface area contributed by atoms with Crippen LogP contribution in [-0.2, 0) is 11.3 Å². The molecule has 0 amide bonds. The highest BCUT2D eigenvalue weighted by Gasteiger charge is 2.11. The molecule has 0 aliphatic carbocycles. The van der Waals surface area contributed by atoms with E-state index in [0.29, 0.717) is 0 Å². The van der Waals surface area contributed by atoms with E-state index in [1.165, 1.54) is 5.56 Å². The maximum Gasteiger partial charge on any atom is 0.0594 e. The molecule has 4 heteroatoms. The fraction of sp³-hybridized carbons (Fsp3) is 0.600. The van der Waals surface area contributed by atoms with Gasteiger partial charge in [0.2, 0.25) is 0 Å². The Morgan fingerprint density at radius 3 is 2.53 bits per heavy atom. The Kier molecular flexibility index (Phi) is 5.63. The van der Waals surface area contributed by atoms with Gasteiger partial charge < -0.3 is 10.5 Å². The lowest BCUT2D eigenvalue weighted by atomic mass is 10.2. The first-order chi connectivity index (χ1) is 9.28. The van der Waals surface area contributed by atoms with E-state index in [0.717, 1.165) is 58.2 Å². The van der Waals surface area contributed by atoms with Crippen LogP contribution in [0.15, 0.2) is 24.3 Å². The van der Waals surface area contributed by atoms with Gasteiger partial charge in [-0.25, -0.2) is 0 Å². The number of anilines is 1. The lowest BCUT2D eigenvalue weighted by Gasteiger charge is -2.29. The molecule has 0 spiro atoms. The maximum absolute atomic E-state index is 5.71. The third kappa shape index (κ3) is 4.82. The van der Waals surface area contributed by atoms with Crippen molar-refractivity contribution in [1.82, 2.24) is 9.80 Å².